The molecule has 0 bridgehead atoms. The molecule has 22 heavy (non-hydrogen) atoms. The summed E-state index contributed by atoms with van der Waals surface area (Å²) in [4.78, 5) is 4.58. The third kappa shape index (κ3) is 4.50. The molecule has 0 aliphatic heterocycles. The normalized spacial score (nSPS) is 12.4. The van der Waals surface area contributed by atoms with Crippen molar-refractivity contribution in [3.05, 3.63) is 58.6 Å². The predicted molar refractivity (Wildman–Crippen MR) is 91.8 cm³/mol. The minimum absolute atomic E-state index is 0.175. The lowest BCUT2D eigenvalue weighted by Crippen LogP contribution is -2.04. The van der Waals surface area contributed by atoms with E-state index in [0.717, 1.165) is 28.5 Å². The van der Waals surface area contributed by atoms with Crippen molar-refractivity contribution >= 4 is 17.8 Å². The van der Waals surface area contributed by atoms with Gasteiger partial charge in [-0.25, -0.2) is 0 Å². The highest BCUT2D eigenvalue weighted by atomic mass is 35.5. The van der Waals surface area contributed by atoms with Gasteiger partial charge in [0.05, 0.1) is 20.3 Å². The van der Waals surface area contributed by atoms with Crippen LogP contribution in [0.15, 0.2) is 47.5 Å². The Morgan fingerprint density at radius 1 is 1.05 bits per heavy atom. The van der Waals surface area contributed by atoms with Crippen molar-refractivity contribution in [2.24, 2.45) is 4.99 Å². The molecule has 4 heteroatoms. The van der Waals surface area contributed by atoms with E-state index in [1.807, 2.05) is 48.7 Å². The minimum Gasteiger partial charge on any atom is -0.493 e. The molecular formula is C18H20ClNO2. The SMILES string of the molecule is COc1ccc(CC(C)N=Cc2ccc(Cl)cc2)cc1OC. The zero-order valence-corrected chi connectivity index (χ0v) is 13.8. The Labute approximate surface area is 136 Å². The number of aliphatic imine (C=N–C) groups is 1. The number of rotatable bonds is 6. The van der Waals surface area contributed by atoms with E-state index in [4.69, 9.17) is 21.1 Å². The van der Waals surface area contributed by atoms with E-state index >= 15 is 0 Å². The van der Waals surface area contributed by atoms with Crippen molar-refractivity contribution < 1.29 is 9.47 Å². The van der Waals surface area contributed by atoms with Crippen LogP contribution in [0.25, 0.3) is 0 Å². The van der Waals surface area contributed by atoms with Crippen LogP contribution in [-0.2, 0) is 6.42 Å². The van der Waals surface area contributed by atoms with Gasteiger partial charge in [-0.15, -0.1) is 0 Å². The maximum absolute atomic E-state index is 5.87. The standard InChI is InChI=1S/C18H20ClNO2/c1-13(20-12-14-4-7-16(19)8-5-14)10-15-6-9-17(21-2)18(11-15)22-3/h4-9,11-13H,10H2,1-3H3. The van der Waals surface area contributed by atoms with Gasteiger partial charge in [0, 0.05) is 11.2 Å². The molecule has 0 heterocycles. The van der Waals surface area contributed by atoms with Gasteiger partial charge in [0.25, 0.3) is 0 Å². The van der Waals surface area contributed by atoms with Crippen LogP contribution in [0.2, 0.25) is 5.02 Å². The summed E-state index contributed by atoms with van der Waals surface area (Å²) in [6.45, 7) is 2.09. The molecule has 2 aromatic rings. The Hall–Kier alpha value is -2.00. The Morgan fingerprint density at radius 3 is 2.36 bits per heavy atom. The smallest absolute Gasteiger partial charge is 0.160 e. The van der Waals surface area contributed by atoms with E-state index in [9.17, 15) is 0 Å². The third-order valence-corrected chi connectivity index (χ3v) is 3.58. The second-order valence-electron chi connectivity index (χ2n) is 5.07. The molecule has 2 aromatic carbocycles. The van der Waals surface area contributed by atoms with Crippen molar-refractivity contribution in [2.75, 3.05) is 14.2 Å². The number of halogens is 1. The molecule has 0 saturated heterocycles. The highest BCUT2D eigenvalue weighted by Gasteiger charge is 2.07. The first-order valence-electron chi connectivity index (χ1n) is 7.12. The Morgan fingerprint density at radius 2 is 1.73 bits per heavy atom. The molecule has 0 aromatic heterocycles. The van der Waals surface area contributed by atoms with Crippen molar-refractivity contribution in [1.82, 2.24) is 0 Å². The Balaban J connectivity index is 2.02. The second-order valence-corrected chi connectivity index (χ2v) is 5.51. The zero-order valence-electron chi connectivity index (χ0n) is 13.0. The molecule has 0 amide bonds. The molecule has 0 fully saturated rings. The van der Waals surface area contributed by atoms with E-state index in [1.54, 1.807) is 14.2 Å². The zero-order chi connectivity index (χ0) is 15.9. The molecule has 0 saturated carbocycles. The second kappa shape index (κ2) is 7.85. The van der Waals surface area contributed by atoms with Gasteiger partial charge in [0.15, 0.2) is 11.5 Å². The van der Waals surface area contributed by atoms with Gasteiger partial charge >= 0.3 is 0 Å². The van der Waals surface area contributed by atoms with Crippen LogP contribution in [0.5, 0.6) is 11.5 Å². The van der Waals surface area contributed by atoms with E-state index in [2.05, 4.69) is 11.9 Å². The summed E-state index contributed by atoms with van der Waals surface area (Å²) in [6.07, 6.45) is 2.71. The number of ether oxygens (including phenoxy) is 2. The first-order valence-corrected chi connectivity index (χ1v) is 7.50. The van der Waals surface area contributed by atoms with Gasteiger partial charge in [0.2, 0.25) is 0 Å². The Bertz CT molecular complexity index is 638. The van der Waals surface area contributed by atoms with Crippen molar-refractivity contribution in [1.29, 1.82) is 0 Å². The van der Waals surface area contributed by atoms with Gasteiger partial charge in [-0.1, -0.05) is 29.8 Å². The highest BCUT2D eigenvalue weighted by Crippen LogP contribution is 2.28. The van der Waals surface area contributed by atoms with Crippen LogP contribution in [0, 0.1) is 0 Å². The molecule has 0 aliphatic carbocycles. The number of benzene rings is 2. The first kappa shape index (κ1) is 16.4. The fraction of sp³-hybridized carbons (Fsp3) is 0.278. The van der Waals surface area contributed by atoms with Crippen molar-refractivity contribution in [2.45, 2.75) is 19.4 Å². The van der Waals surface area contributed by atoms with Crippen LogP contribution in [0.1, 0.15) is 18.1 Å². The van der Waals surface area contributed by atoms with Gasteiger partial charge in [0.1, 0.15) is 0 Å². The largest absolute Gasteiger partial charge is 0.493 e. The minimum atomic E-state index is 0.175. The van der Waals surface area contributed by atoms with Crippen LogP contribution in [0.4, 0.5) is 0 Å². The number of nitrogens with zero attached hydrogens (tertiary/aromatic N) is 1. The monoisotopic (exact) mass is 317 g/mol. The maximum Gasteiger partial charge on any atom is 0.160 e. The lowest BCUT2D eigenvalue weighted by molar-refractivity contribution is 0.354. The van der Waals surface area contributed by atoms with Gasteiger partial charge < -0.3 is 9.47 Å². The lowest BCUT2D eigenvalue weighted by Gasteiger charge is -2.11. The molecule has 1 atom stereocenters. The molecule has 0 aliphatic rings. The lowest BCUT2D eigenvalue weighted by atomic mass is 10.1. The summed E-state index contributed by atoms with van der Waals surface area (Å²) in [7, 11) is 3.28. The van der Waals surface area contributed by atoms with Gasteiger partial charge in [-0.2, -0.15) is 0 Å². The first-order chi connectivity index (χ1) is 10.6. The summed E-state index contributed by atoms with van der Waals surface area (Å²) in [5, 5.41) is 0.732. The van der Waals surface area contributed by atoms with Crippen LogP contribution >= 0.6 is 11.6 Å². The van der Waals surface area contributed by atoms with Crippen molar-refractivity contribution in [3.8, 4) is 11.5 Å². The van der Waals surface area contributed by atoms with Crippen molar-refractivity contribution in [3.63, 3.8) is 0 Å². The van der Waals surface area contributed by atoms with Crippen LogP contribution in [0.3, 0.4) is 0 Å². The molecule has 0 spiro atoms. The molecule has 1 unspecified atom stereocenters. The number of hydrogen-bond acceptors (Lipinski definition) is 3. The molecule has 3 nitrogen and oxygen atoms in total. The van der Waals surface area contributed by atoms with E-state index in [-0.39, 0.29) is 6.04 Å². The molecule has 2 rings (SSSR count). The summed E-state index contributed by atoms with van der Waals surface area (Å²) in [5.41, 5.74) is 2.21. The topological polar surface area (TPSA) is 30.8 Å². The molecule has 116 valence electrons. The van der Waals surface area contributed by atoms with Gasteiger partial charge in [-0.05, 0) is 48.7 Å². The molecule has 0 N–H and O–H groups in total. The fourth-order valence-electron chi connectivity index (χ4n) is 2.16. The average molecular weight is 318 g/mol. The number of hydrogen-bond donors (Lipinski definition) is 0. The third-order valence-electron chi connectivity index (χ3n) is 3.33. The van der Waals surface area contributed by atoms with Crippen LogP contribution in [-0.4, -0.2) is 26.5 Å². The van der Waals surface area contributed by atoms with Crippen LogP contribution < -0.4 is 9.47 Å². The van der Waals surface area contributed by atoms with Gasteiger partial charge in [-0.3, -0.25) is 4.99 Å². The van der Waals surface area contributed by atoms with E-state index in [0.29, 0.717) is 0 Å². The fourth-order valence-corrected chi connectivity index (χ4v) is 2.29. The quantitative estimate of drug-likeness (QED) is 0.739. The Kier molecular flexibility index (Phi) is 5.84. The predicted octanol–water partition coefficient (Wildman–Crippen LogP) is 4.41. The summed E-state index contributed by atoms with van der Waals surface area (Å²) < 4.78 is 10.6. The van der Waals surface area contributed by atoms with E-state index < -0.39 is 0 Å². The molecule has 0 radical (unpaired) electrons. The summed E-state index contributed by atoms with van der Waals surface area (Å²) in [6, 6.07) is 13.8. The van der Waals surface area contributed by atoms with E-state index in [1.165, 1.54) is 5.56 Å². The summed E-state index contributed by atoms with van der Waals surface area (Å²) >= 11 is 5.87. The summed E-state index contributed by atoms with van der Waals surface area (Å²) in [5.74, 6) is 1.48. The highest BCUT2D eigenvalue weighted by molar-refractivity contribution is 6.30. The molecular weight excluding hydrogens is 298 g/mol. The average Bonchev–Trinajstić information content (AvgIpc) is 2.54. The maximum atomic E-state index is 5.87. The number of methoxy groups -OCH3 is 2.